The molecule has 3 rings (SSSR count). The van der Waals surface area contributed by atoms with E-state index in [9.17, 15) is 9.70 Å². The zero-order chi connectivity index (χ0) is 14.7. The molecular formula is C15H17N3O3. The Bertz CT molecular complexity index is 659. The van der Waals surface area contributed by atoms with E-state index in [0.717, 1.165) is 16.5 Å². The lowest BCUT2D eigenvalue weighted by Crippen LogP contribution is -2.42. The number of benzene rings is 1. The molecule has 6 nitrogen and oxygen atoms in total. The fraction of sp³-hybridized carbons (Fsp3) is 0.400. The molecule has 1 aliphatic rings. The second-order valence-corrected chi connectivity index (χ2v) is 5.08. The SMILES string of the molecule is O=NCc1cn(CC(=O)N2CCOCC2)c2ccccc12. The lowest BCUT2D eigenvalue weighted by molar-refractivity contribution is -0.135. The van der Waals surface area contributed by atoms with Crippen LogP contribution in [0.1, 0.15) is 5.56 Å². The van der Waals surface area contributed by atoms with Gasteiger partial charge in [0, 0.05) is 35.8 Å². The van der Waals surface area contributed by atoms with Gasteiger partial charge in [0.05, 0.1) is 13.2 Å². The van der Waals surface area contributed by atoms with Gasteiger partial charge in [-0.15, -0.1) is 0 Å². The fourth-order valence-electron chi connectivity index (χ4n) is 2.71. The Morgan fingerprint density at radius 2 is 2.00 bits per heavy atom. The Hall–Kier alpha value is -2.21. The lowest BCUT2D eigenvalue weighted by Gasteiger charge is -2.27. The third kappa shape index (κ3) is 2.80. The molecule has 2 aromatic rings. The molecule has 1 fully saturated rings. The summed E-state index contributed by atoms with van der Waals surface area (Å²) in [5.41, 5.74) is 1.81. The number of hydrogen-bond donors (Lipinski definition) is 0. The van der Waals surface area contributed by atoms with E-state index in [2.05, 4.69) is 5.18 Å². The van der Waals surface area contributed by atoms with Gasteiger partial charge in [-0.05, 0) is 6.07 Å². The molecule has 1 aliphatic heterocycles. The number of nitrogens with zero attached hydrogens (tertiary/aromatic N) is 3. The molecule has 0 N–H and O–H groups in total. The summed E-state index contributed by atoms with van der Waals surface area (Å²) in [5.74, 6) is 0.0738. The van der Waals surface area contributed by atoms with E-state index >= 15 is 0 Å². The van der Waals surface area contributed by atoms with Crippen molar-refractivity contribution in [3.63, 3.8) is 0 Å². The van der Waals surface area contributed by atoms with E-state index in [4.69, 9.17) is 4.74 Å². The van der Waals surface area contributed by atoms with Crippen molar-refractivity contribution < 1.29 is 9.53 Å². The van der Waals surface area contributed by atoms with Gasteiger partial charge < -0.3 is 14.2 Å². The molecule has 0 atom stereocenters. The van der Waals surface area contributed by atoms with E-state index in [1.54, 1.807) is 0 Å². The molecule has 2 heterocycles. The van der Waals surface area contributed by atoms with Crippen LogP contribution in [0.2, 0.25) is 0 Å². The van der Waals surface area contributed by atoms with E-state index in [1.807, 2.05) is 39.9 Å². The first-order chi connectivity index (χ1) is 10.3. The minimum absolute atomic E-state index is 0.0738. The van der Waals surface area contributed by atoms with Gasteiger partial charge in [-0.3, -0.25) is 4.79 Å². The highest BCUT2D eigenvalue weighted by atomic mass is 16.5. The van der Waals surface area contributed by atoms with Crippen LogP contribution < -0.4 is 0 Å². The Kier molecular flexibility index (Phi) is 3.96. The predicted octanol–water partition coefficient (Wildman–Crippen LogP) is 1.77. The number of ether oxygens (including phenoxy) is 1. The van der Waals surface area contributed by atoms with E-state index in [0.29, 0.717) is 26.3 Å². The largest absolute Gasteiger partial charge is 0.378 e. The maximum atomic E-state index is 12.3. The molecule has 0 spiro atoms. The summed E-state index contributed by atoms with van der Waals surface area (Å²) in [6, 6.07) is 7.75. The number of amides is 1. The van der Waals surface area contributed by atoms with Crippen LogP contribution in [0, 0.1) is 4.91 Å². The predicted molar refractivity (Wildman–Crippen MR) is 78.8 cm³/mol. The molecule has 0 saturated carbocycles. The maximum absolute atomic E-state index is 12.3. The number of morpholine rings is 1. The van der Waals surface area contributed by atoms with Crippen LogP contribution in [0.5, 0.6) is 0 Å². The number of carbonyl (C=O) groups excluding carboxylic acids is 1. The molecule has 0 radical (unpaired) electrons. The van der Waals surface area contributed by atoms with Crippen LogP contribution in [-0.2, 0) is 22.6 Å². The Morgan fingerprint density at radius 1 is 1.24 bits per heavy atom. The normalized spacial score (nSPS) is 15.3. The molecule has 21 heavy (non-hydrogen) atoms. The zero-order valence-corrected chi connectivity index (χ0v) is 11.7. The Morgan fingerprint density at radius 3 is 2.76 bits per heavy atom. The molecule has 1 aromatic heterocycles. The molecule has 0 aliphatic carbocycles. The number of nitroso groups, excluding NO2 is 1. The number of aromatic nitrogens is 1. The fourth-order valence-corrected chi connectivity index (χ4v) is 2.71. The monoisotopic (exact) mass is 287 g/mol. The molecular weight excluding hydrogens is 270 g/mol. The van der Waals surface area contributed by atoms with Gasteiger partial charge in [-0.25, -0.2) is 0 Å². The number of carbonyl (C=O) groups is 1. The van der Waals surface area contributed by atoms with Crippen molar-refractivity contribution in [1.82, 2.24) is 9.47 Å². The standard InChI is InChI=1S/C15H17N3O3/c19-15(17-5-7-21-8-6-17)11-18-10-12(9-16-20)13-3-1-2-4-14(13)18/h1-4,10H,5-9,11H2. The van der Waals surface area contributed by atoms with Crippen LogP contribution >= 0.6 is 0 Å². The topological polar surface area (TPSA) is 63.9 Å². The molecule has 110 valence electrons. The first kappa shape index (κ1) is 13.8. The number of hydrogen-bond acceptors (Lipinski definition) is 4. The highest BCUT2D eigenvalue weighted by Gasteiger charge is 2.18. The van der Waals surface area contributed by atoms with Crippen molar-refractivity contribution in [3.05, 3.63) is 40.9 Å². The van der Waals surface area contributed by atoms with Gasteiger partial charge >= 0.3 is 0 Å². The van der Waals surface area contributed by atoms with Crippen molar-refractivity contribution in [2.45, 2.75) is 13.1 Å². The summed E-state index contributed by atoms with van der Waals surface area (Å²) in [6.45, 7) is 2.87. The van der Waals surface area contributed by atoms with Crippen molar-refractivity contribution >= 4 is 16.8 Å². The van der Waals surface area contributed by atoms with Gasteiger partial charge in [0.25, 0.3) is 0 Å². The van der Waals surface area contributed by atoms with Crippen LogP contribution in [0.25, 0.3) is 10.9 Å². The van der Waals surface area contributed by atoms with Crippen LogP contribution in [0.15, 0.2) is 35.6 Å². The van der Waals surface area contributed by atoms with Gasteiger partial charge in [0.15, 0.2) is 0 Å². The summed E-state index contributed by atoms with van der Waals surface area (Å²) >= 11 is 0. The smallest absolute Gasteiger partial charge is 0.242 e. The second kappa shape index (κ2) is 6.05. The van der Waals surface area contributed by atoms with Crippen LogP contribution in [0.3, 0.4) is 0 Å². The minimum atomic E-state index is 0.0738. The van der Waals surface area contributed by atoms with Gasteiger partial charge in [-0.1, -0.05) is 23.4 Å². The van der Waals surface area contributed by atoms with E-state index < -0.39 is 0 Å². The average molecular weight is 287 g/mol. The van der Waals surface area contributed by atoms with E-state index in [1.165, 1.54) is 0 Å². The molecule has 1 amide bonds. The average Bonchev–Trinajstić information content (AvgIpc) is 2.87. The number of para-hydroxylation sites is 1. The summed E-state index contributed by atoms with van der Waals surface area (Å²) in [4.78, 5) is 24.7. The van der Waals surface area contributed by atoms with Gasteiger partial charge in [0.2, 0.25) is 5.91 Å². The third-order valence-corrected chi connectivity index (χ3v) is 3.78. The molecule has 0 unspecified atom stereocenters. The molecule has 1 aromatic carbocycles. The highest BCUT2D eigenvalue weighted by molar-refractivity contribution is 5.86. The summed E-state index contributed by atoms with van der Waals surface area (Å²) in [5, 5.41) is 3.94. The van der Waals surface area contributed by atoms with Crippen LogP contribution in [0.4, 0.5) is 0 Å². The number of rotatable bonds is 4. The maximum Gasteiger partial charge on any atom is 0.242 e. The summed E-state index contributed by atoms with van der Waals surface area (Å²) < 4.78 is 7.16. The summed E-state index contributed by atoms with van der Waals surface area (Å²) in [7, 11) is 0. The highest BCUT2D eigenvalue weighted by Crippen LogP contribution is 2.22. The Balaban J connectivity index is 1.86. The van der Waals surface area contributed by atoms with Crippen molar-refractivity contribution in [2.24, 2.45) is 5.18 Å². The molecule has 0 bridgehead atoms. The van der Waals surface area contributed by atoms with Crippen molar-refractivity contribution in [2.75, 3.05) is 26.3 Å². The minimum Gasteiger partial charge on any atom is -0.378 e. The first-order valence-corrected chi connectivity index (χ1v) is 7.01. The van der Waals surface area contributed by atoms with Crippen LogP contribution in [-0.4, -0.2) is 41.7 Å². The van der Waals surface area contributed by atoms with Gasteiger partial charge in [-0.2, -0.15) is 4.91 Å². The third-order valence-electron chi connectivity index (χ3n) is 3.78. The van der Waals surface area contributed by atoms with E-state index in [-0.39, 0.29) is 19.0 Å². The Labute approximate surface area is 122 Å². The van der Waals surface area contributed by atoms with Crippen molar-refractivity contribution in [1.29, 1.82) is 0 Å². The van der Waals surface area contributed by atoms with Crippen molar-refractivity contribution in [3.8, 4) is 0 Å². The zero-order valence-electron chi connectivity index (χ0n) is 11.7. The quantitative estimate of drug-likeness (QED) is 0.805. The summed E-state index contributed by atoms with van der Waals surface area (Å²) in [6.07, 6.45) is 1.85. The number of fused-ring (bicyclic) bond motifs is 1. The molecule has 6 heteroatoms. The second-order valence-electron chi connectivity index (χ2n) is 5.08. The molecule has 1 saturated heterocycles. The first-order valence-electron chi connectivity index (χ1n) is 7.01. The lowest BCUT2D eigenvalue weighted by atomic mass is 10.2. The van der Waals surface area contributed by atoms with Gasteiger partial charge in [0.1, 0.15) is 13.1 Å².